The standard InChI is InChI=1S/C14H26N2O3/c1-14(2,3)19-12(17)8-9-16-11-6-4-10(5-7-11)13(15)18/h10-11,16H,4-9H2,1-3H3,(H2,15,18). The third-order valence-corrected chi connectivity index (χ3v) is 3.31. The quantitative estimate of drug-likeness (QED) is 0.739. The SMILES string of the molecule is CC(C)(C)OC(=O)CCNC1CCC(C(N)=O)CC1. The second-order valence-corrected chi connectivity index (χ2v) is 6.24. The molecule has 0 aromatic carbocycles. The van der Waals surface area contributed by atoms with E-state index in [1.54, 1.807) is 0 Å². The Morgan fingerprint density at radius 2 is 1.79 bits per heavy atom. The Hall–Kier alpha value is -1.10. The van der Waals surface area contributed by atoms with Crippen LogP contribution in [-0.2, 0) is 14.3 Å². The maximum absolute atomic E-state index is 11.5. The predicted octanol–water partition coefficient (Wildman–Crippen LogP) is 1.35. The molecule has 0 radical (unpaired) electrons. The van der Waals surface area contributed by atoms with Crippen LogP contribution in [0.1, 0.15) is 52.9 Å². The van der Waals surface area contributed by atoms with Gasteiger partial charge in [-0.2, -0.15) is 0 Å². The van der Waals surface area contributed by atoms with Gasteiger partial charge in [-0.25, -0.2) is 0 Å². The van der Waals surface area contributed by atoms with E-state index < -0.39 is 5.60 Å². The molecular formula is C14H26N2O3. The van der Waals surface area contributed by atoms with Crippen molar-refractivity contribution < 1.29 is 14.3 Å². The average molecular weight is 270 g/mol. The van der Waals surface area contributed by atoms with Crippen molar-refractivity contribution in [2.45, 2.75) is 64.5 Å². The molecule has 0 bridgehead atoms. The lowest BCUT2D eigenvalue weighted by molar-refractivity contribution is -0.154. The van der Waals surface area contributed by atoms with Gasteiger partial charge in [0.2, 0.25) is 5.91 Å². The van der Waals surface area contributed by atoms with E-state index in [1.807, 2.05) is 20.8 Å². The zero-order chi connectivity index (χ0) is 14.5. The van der Waals surface area contributed by atoms with E-state index in [4.69, 9.17) is 10.5 Å². The molecule has 0 aromatic rings. The summed E-state index contributed by atoms with van der Waals surface area (Å²) in [6, 6.07) is 0.387. The highest BCUT2D eigenvalue weighted by Gasteiger charge is 2.24. The molecule has 5 nitrogen and oxygen atoms in total. The van der Waals surface area contributed by atoms with Gasteiger partial charge in [0.25, 0.3) is 0 Å². The monoisotopic (exact) mass is 270 g/mol. The normalized spacial score (nSPS) is 23.9. The van der Waals surface area contributed by atoms with Crippen LogP contribution in [0.5, 0.6) is 0 Å². The van der Waals surface area contributed by atoms with Gasteiger partial charge in [0.1, 0.15) is 5.60 Å². The lowest BCUT2D eigenvalue weighted by Gasteiger charge is -2.27. The summed E-state index contributed by atoms with van der Waals surface area (Å²) in [5, 5.41) is 3.34. The highest BCUT2D eigenvalue weighted by atomic mass is 16.6. The molecule has 1 fully saturated rings. The number of esters is 1. The minimum absolute atomic E-state index is 0.0314. The van der Waals surface area contributed by atoms with Gasteiger partial charge in [0.05, 0.1) is 6.42 Å². The molecule has 1 amide bonds. The summed E-state index contributed by atoms with van der Waals surface area (Å²) in [6.07, 6.45) is 3.97. The van der Waals surface area contributed by atoms with E-state index >= 15 is 0 Å². The van der Waals surface area contributed by atoms with Crippen molar-refractivity contribution in [3.05, 3.63) is 0 Å². The van der Waals surface area contributed by atoms with Gasteiger partial charge >= 0.3 is 5.97 Å². The van der Waals surface area contributed by atoms with E-state index in [-0.39, 0.29) is 17.8 Å². The van der Waals surface area contributed by atoms with Crippen molar-refractivity contribution in [2.24, 2.45) is 11.7 Å². The molecule has 1 aliphatic rings. The summed E-state index contributed by atoms with van der Waals surface area (Å²) in [7, 11) is 0. The Labute approximate surface area is 115 Å². The highest BCUT2D eigenvalue weighted by Crippen LogP contribution is 2.23. The van der Waals surface area contributed by atoms with E-state index in [1.165, 1.54) is 0 Å². The van der Waals surface area contributed by atoms with E-state index in [9.17, 15) is 9.59 Å². The van der Waals surface area contributed by atoms with Crippen LogP contribution in [0.3, 0.4) is 0 Å². The number of primary amides is 1. The van der Waals surface area contributed by atoms with Gasteiger partial charge in [-0.05, 0) is 46.5 Å². The van der Waals surface area contributed by atoms with E-state index in [2.05, 4.69) is 5.32 Å². The number of amides is 1. The van der Waals surface area contributed by atoms with Crippen molar-refractivity contribution >= 4 is 11.9 Å². The Balaban J connectivity index is 2.14. The van der Waals surface area contributed by atoms with Crippen molar-refractivity contribution in [2.75, 3.05) is 6.54 Å². The number of carbonyl (C=O) groups is 2. The number of hydrogen-bond donors (Lipinski definition) is 2. The largest absolute Gasteiger partial charge is 0.460 e. The first kappa shape index (κ1) is 16.0. The zero-order valence-corrected chi connectivity index (χ0v) is 12.2. The van der Waals surface area contributed by atoms with Crippen LogP contribution in [0.15, 0.2) is 0 Å². The molecule has 1 rings (SSSR count). The zero-order valence-electron chi connectivity index (χ0n) is 12.2. The molecule has 0 aliphatic heterocycles. The smallest absolute Gasteiger partial charge is 0.307 e. The Morgan fingerprint density at radius 3 is 2.26 bits per heavy atom. The van der Waals surface area contributed by atoms with Gasteiger partial charge < -0.3 is 15.8 Å². The van der Waals surface area contributed by atoms with Gasteiger partial charge in [0.15, 0.2) is 0 Å². The summed E-state index contributed by atoms with van der Waals surface area (Å²) >= 11 is 0. The van der Waals surface area contributed by atoms with E-state index in [0.717, 1.165) is 25.7 Å². The summed E-state index contributed by atoms with van der Waals surface area (Å²) in [5.41, 5.74) is 4.87. The van der Waals surface area contributed by atoms with Crippen LogP contribution in [0.4, 0.5) is 0 Å². The molecular weight excluding hydrogens is 244 g/mol. The van der Waals surface area contributed by atoms with Crippen LogP contribution < -0.4 is 11.1 Å². The lowest BCUT2D eigenvalue weighted by atomic mass is 9.85. The number of ether oxygens (including phenoxy) is 1. The molecule has 110 valence electrons. The molecule has 1 saturated carbocycles. The summed E-state index contributed by atoms with van der Waals surface area (Å²) in [5.74, 6) is -0.332. The van der Waals surface area contributed by atoms with Crippen molar-refractivity contribution in [1.82, 2.24) is 5.32 Å². The number of hydrogen-bond acceptors (Lipinski definition) is 4. The van der Waals surface area contributed by atoms with Crippen LogP contribution in [0.2, 0.25) is 0 Å². The molecule has 0 aromatic heterocycles. The second-order valence-electron chi connectivity index (χ2n) is 6.24. The van der Waals surface area contributed by atoms with E-state index in [0.29, 0.717) is 19.0 Å². The van der Waals surface area contributed by atoms with Crippen LogP contribution in [-0.4, -0.2) is 30.1 Å². The first-order valence-corrected chi connectivity index (χ1v) is 7.02. The molecule has 0 heterocycles. The molecule has 0 saturated heterocycles. The number of carbonyl (C=O) groups excluding carboxylic acids is 2. The Kier molecular flexibility index (Phi) is 5.79. The predicted molar refractivity (Wildman–Crippen MR) is 73.4 cm³/mol. The summed E-state index contributed by atoms with van der Waals surface area (Å²) in [6.45, 7) is 6.22. The van der Waals surface area contributed by atoms with Crippen LogP contribution >= 0.6 is 0 Å². The minimum atomic E-state index is -0.420. The van der Waals surface area contributed by atoms with Gasteiger partial charge in [-0.3, -0.25) is 9.59 Å². The Morgan fingerprint density at radius 1 is 1.21 bits per heavy atom. The third-order valence-electron chi connectivity index (χ3n) is 3.31. The molecule has 3 N–H and O–H groups in total. The number of rotatable bonds is 5. The number of nitrogens with two attached hydrogens (primary N) is 1. The fraction of sp³-hybridized carbons (Fsp3) is 0.857. The van der Waals surface area contributed by atoms with Gasteiger partial charge in [0, 0.05) is 18.5 Å². The molecule has 19 heavy (non-hydrogen) atoms. The van der Waals surface area contributed by atoms with Gasteiger partial charge in [-0.1, -0.05) is 0 Å². The molecule has 0 atom stereocenters. The molecule has 1 aliphatic carbocycles. The molecule has 5 heteroatoms. The van der Waals surface area contributed by atoms with Crippen molar-refractivity contribution in [3.63, 3.8) is 0 Å². The van der Waals surface area contributed by atoms with Crippen LogP contribution in [0, 0.1) is 5.92 Å². The van der Waals surface area contributed by atoms with Gasteiger partial charge in [-0.15, -0.1) is 0 Å². The first-order valence-electron chi connectivity index (χ1n) is 7.02. The minimum Gasteiger partial charge on any atom is -0.460 e. The topological polar surface area (TPSA) is 81.4 Å². The van der Waals surface area contributed by atoms with Crippen LogP contribution in [0.25, 0.3) is 0 Å². The second kappa shape index (κ2) is 6.89. The summed E-state index contributed by atoms with van der Waals surface area (Å²) in [4.78, 5) is 22.6. The fourth-order valence-electron chi connectivity index (χ4n) is 2.35. The molecule has 0 spiro atoms. The lowest BCUT2D eigenvalue weighted by Crippen LogP contribution is -2.38. The Bertz CT molecular complexity index is 315. The molecule has 0 unspecified atom stereocenters. The average Bonchev–Trinajstić information content (AvgIpc) is 2.27. The summed E-state index contributed by atoms with van der Waals surface area (Å²) < 4.78 is 5.24. The highest BCUT2D eigenvalue weighted by molar-refractivity contribution is 5.76. The third kappa shape index (κ3) is 6.57. The van der Waals surface area contributed by atoms with Crippen molar-refractivity contribution in [3.8, 4) is 0 Å². The maximum Gasteiger partial charge on any atom is 0.307 e. The first-order chi connectivity index (χ1) is 8.78. The number of nitrogens with one attached hydrogen (secondary N) is 1. The van der Waals surface area contributed by atoms with Crippen molar-refractivity contribution in [1.29, 1.82) is 0 Å². The maximum atomic E-state index is 11.5. The fourth-order valence-corrected chi connectivity index (χ4v) is 2.35.